The number of hydrogen-bond acceptors (Lipinski definition) is 15. The van der Waals surface area contributed by atoms with E-state index >= 15 is 8.78 Å². The lowest BCUT2D eigenvalue weighted by Crippen LogP contribution is -2.39. The molecule has 2 aromatic carbocycles. The molecule has 0 spiro atoms. The molecule has 0 aromatic heterocycles. The Morgan fingerprint density at radius 3 is 2.10 bits per heavy atom. The van der Waals surface area contributed by atoms with Gasteiger partial charge in [-0.3, -0.25) is 0 Å². The van der Waals surface area contributed by atoms with Gasteiger partial charge in [0.25, 0.3) is 0 Å². The Kier molecular flexibility index (Phi) is 18.9. The minimum Gasteiger partial charge on any atom is -0.507 e. The number of phenols is 1. The van der Waals surface area contributed by atoms with Crippen molar-refractivity contribution in [2.75, 3.05) is 23.7 Å². The smallest absolute Gasteiger partial charge is 0.345 e. The molecule has 72 heavy (non-hydrogen) atoms. The highest BCUT2D eigenvalue weighted by atomic mass is 19.1. The molecule has 2 radical (unpaired) electrons. The number of rotatable bonds is 13. The van der Waals surface area contributed by atoms with Gasteiger partial charge in [0.1, 0.15) is 52.8 Å². The molecular formula is C53H70B2F2N2O13. The van der Waals surface area contributed by atoms with Crippen LogP contribution < -0.4 is 14.4 Å². The molecule has 6 rings (SSSR count). The van der Waals surface area contributed by atoms with E-state index < -0.39 is 83.7 Å². The third-order valence-electron chi connectivity index (χ3n) is 13.0. The van der Waals surface area contributed by atoms with Crippen molar-refractivity contribution in [3.05, 3.63) is 82.5 Å². The van der Waals surface area contributed by atoms with Crippen LogP contribution in [0.15, 0.2) is 60.2 Å². The third kappa shape index (κ3) is 14.5. The van der Waals surface area contributed by atoms with Crippen molar-refractivity contribution < 1.29 is 71.3 Å². The number of fused-ring (bicyclic) bond motifs is 3. The zero-order valence-electron chi connectivity index (χ0n) is 43.8. The monoisotopic (exact) mass is 1000 g/mol. The molecule has 4 aliphatic heterocycles. The Hall–Kier alpha value is -5.33. The van der Waals surface area contributed by atoms with Gasteiger partial charge in [0.2, 0.25) is 5.79 Å². The molecule has 2 N–H and O–H groups in total. The zero-order chi connectivity index (χ0) is 53.6. The molecule has 0 bridgehead atoms. The first kappa shape index (κ1) is 57.6. The van der Waals surface area contributed by atoms with E-state index in [0.29, 0.717) is 53.5 Å². The van der Waals surface area contributed by atoms with E-state index in [1.54, 1.807) is 138 Å². The SMILES string of the molecule is C[C@@H]1/C=C(/F)[C@@H](C)[C@H]2OC(C)(C)O[C@H]2C/C=C/c2cc(N(C)[B]C=O)cc(O)c2C(=O)O[C@H]1C.C[C@H](O)[C@H](C)/C=C(/F)[C@@H](C)[C@H]1OC(C)(C)O[C@H]1C/C=C/c1cc(N(C)[B]C=O)cc2c1C(=O)OC(C)(C)O2. The number of halogens is 2. The van der Waals surface area contributed by atoms with Gasteiger partial charge in [-0.05, 0) is 104 Å². The first-order valence-corrected chi connectivity index (χ1v) is 24.3. The zero-order valence-corrected chi connectivity index (χ0v) is 43.8. The van der Waals surface area contributed by atoms with E-state index in [1.165, 1.54) is 37.9 Å². The standard InChI is InChI=1S/C28H38BFNO7.C25H32BFNO6/c1-16(18(3)33)12-21(30)17(2)25-22(35-27(4,5)37-25)11-9-10-19-13-20(31(8)29-15-32)14-23-24(19)26(34)38-28(6,7)36-23;1-14-10-19(27)15(2)23-21(33-25(4,5)34-23)9-7-8-17-11-18(28(6)26-13-29)12-20(30)22(17)24(31)32-16(14)3/h9-10,12-18,22,25,33H,11H2,1-8H3;7-8,10-16,21,23,30H,9H2,1-6H3/b10-9+,21-12+;8-7+,19-10+/t16-,17-,18+,22+,25-;14-,15-,16+,21+,23-/m11/s1. The Labute approximate surface area is 424 Å². The van der Waals surface area contributed by atoms with Crippen molar-refractivity contribution in [3.8, 4) is 11.5 Å². The fourth-order valence-electron chi connectivity index (χ4n) is 8.69. The topological polar surface area (TPSA) is 180 Å². The summed E-state index contributed by atoms with van der Waals surface area (Å²) in [4.78, 5) is 51.0. The molecule has 4 aliphatic rings. The Balaban J connectivity index is 0.000000269. The lowest BCUT2D eigenvalue weighted by atomic mass is 9.92. The number of aliphatic hydroxyl groups is 1. The van der Waals surface area contributed by atoms with Crippen LogP contribution in [0.3, 0.4) is 0 Å². The van der Waals surface area contributed by atoms with Gasteiger partial charge in [0.05, 0.1) is 30.5 Å². The van der Waals surface area contributed by atoms with Crippen LogP contribution in [0.1, 0.15) is 128 Å². The van der Waals surface area contributed by atoms with Crippen molar-refractivity contribution in [3.63, 3.8) is 0 Å². The number of aliphatic hydroxyl groups excluding tert-OH is 1. The molecule has 0 amide bonds. The fraction of sp³-hybridized carbons (Fsp3) is 0.547. The van der Waals surface area contributed by atoms with Crippen LogP contribution in [0.4, 0.5) is 20.2 Å². The largest absolute Gasteiger partial charge is 0.507 e. The molecule has 2 aromatic rings. The maximum atomic E-state index is 15.1. The summed E-state index contributed by atoms with van der Waals surface area (Å²) < 4.78 is 71.4. The number of esters is 2. The summed E-state index contributed by atoms with van der Waals surface area (Å²) in [5.74, 6) is -6.68. The maximum absolute atomic E-state index is 15.1. The summed E-state index contributed by atoms with van der Waals surface area (Å²) >= 11 is 0. The number of cyclic esters (lactones) is 2. The van der Waals surface area contributed by atoms with Gasteiger partial charge in [-0.25, -0.2) is 18.4 Å². The van der Waals surface area contributed by atoms with Crippen molar-refractivity contribution in [1.29, 1.82) is 0 Å². The van der Waals surface area contributed by atoms with Gasteiger partial charge in [-0.2, -0.15) is 0 Å². The van der Waals surface area contributed by atoms with Crippen molar-refractivity contribution in [2.45, 2.75) is 150 Å². The third-order valence-corrected chi connectivity index (χ3v) is 13.0. The number of aromatic hydroxyl groups is 1. The summed E-state index contributed by atoms with van der Waals surface area (Å²) in [7, 11) is 6.03. The number of phenolic OH excluding ortho intramolecular Hbond substituents is 1. The Morgan fingerprint density at radius 2 is 1.47 bits per heavy atom. The first-order chi connectivity index (χ1) is 33.6. The lowest BCUT2D eigenvalue weighted by Gasteiger charge is -2.33. The average Bonchev–Trinajstić information content (AvgIpc) is 3.77. The molecule has 0 aliphatic carbocycles. The summed E-state index contributed by atoms with van der Waals surface area (Å²) in [6.45, 7) is 20.8. The quantitative estimate of drug-likeness (QED) is 0.110. The number of nitrogens with zero attached hydrogens (tertiary/aromatic N) is 2. The molecule has 2 saturated heterocycles. The van der Waals surface area contributed by atoms with Crippen molar-refractivity contribution >= 4 is 62.7 Å². The molecule has 4 heterocycles. The minimum absolute atomic E-state index is 0.00565. The number of anilines is 2. The van der Waals surface area contributed by atoms with Gasteiger partial charge in [-0.1, -0.05) is 52.0 Å². The number of benzene rings is 2. The first-order valence-electron chi connectivity index (χ1n) is 24.3. The predicted molar refractivity (Wildman–Crippen MR) is 273 cm³/mol. The highest BCUT2D eigenvalue weighted by molar-refractivity contribution is 6.70. The molecule has 0 unspecified atom stereocenters. The van der Waals surface area contributed by atoms with Crippen LogP contribution in [0.25, 0.3) is 12.2 Å². The second kappa shape index (κ2) is 23.7. The van der Waals surface area contributed by atoms with Crippen LogP contribution in [-0.4, -0.2) is 117 Å². The van der Waals surface area contributed by atoms with Gasteiger partial charge in [-0.15, -0.1) is 0 Å². The van der Waals surface area contributed by atoms with E-state index in [4.69, 9.17) is 33.2 Å². The van der Waals surface area contributed by atoms with E-state index in [1.807, 2.05) is 6.08 Å². The molecular weight excluding hydrogens is 932 g/mol. The van der Waals surface area contributed by atoms with E-state index in [2.05, 4.69) is 0 Å². The highest BCUT2D eigenvalue weighted by Crippen LogP contribution is 2.41. The van der Waals surface area contributed by atoms with E-state index in [-0.39, 0.29) is 34.4 Å². The molecule has 390 valence electrons. The normalized spacial score (nSPS) is 28.0. The second-order valence-electron chi connectivity index (χ2n) is 20.3. The average molecular weight is 1000 g/mol. The van der Waals surface area contributed by atoms with E-state index in [9.17, 15) is 29.4 Å². The van der Waals surface area contributed by atoms with Gasteiger partial charge in [0.15, 0.2) is 11.6 Å². The van der Waals surface area contributed by atoms with Crippen molar-refractivity contribution in [2.24, 2.45) is 23.7 Å². The second-order valence-corrected chi connectivity index (χ2v) is 20.3. The number of ether oxygens (including phenoxy) is 7. The lowest BCUT2D eigenvalue weighted by molar-refractivity contribution is -0.149. The van der Waals surface area contributed by atoms with Gasteiger partial charge >= 0.3 is 26.8 Å². The van der Waals surface area contributed by atoms with Crippen LogP contribution >= 0.6 is 0 Å². The van der Waals surface area contributed by atoms with Crippen LogP contribution in [0, 0.1) is 23.7 Å². The highest BCUT2D eigenvalue weighted by Gasteiger charge is 2.46. The van der Waals surface area contributed by atoms with Crippen LogP contribution in [0.5, 0.6) is 11.5 Å². The summed E-state index contributed by atoms with van der Waals surface area (Å²) in [5, 5.41) is 20.4. The van der Waals surface area contributed by atoms with Crippen LogP contribution in [0.2, 0.25) is 0 Å². The maximum Gasteiger partial charge on any atom is 0.345 e. The number of hydrogen-bond donors (Lipinski definition) is 2. The Morgan fingerprint density at radius 1 is 0.847 bits per heavy atom. The Bertz CT molecular complexity index is 2420. The van der Waals surface area contributed by atoms with Gasteiger partial charge < -0.3 is 62.6 Å². The minimum atomic E-state index is -1.14. The predicted octanol–water partition coefficient (Wildman–Crippen LogP) is 8.89. The molecule has 15 nitrogen and oxygen atoms in total. The van der Waals surface area contributed by atoms with Crippen LogP contribution in [-0.2, 0) is 38.0 Å². The van der Waals surface area contributed by atoms with Crippen molar-refractivity contribution in [1.82, 2.24) is 0 Å². The summed E-state index contributed by atoms with van der Waals surface area (Å²) in [5.41, 5.74) is 2.40. The molecule has 10 atom stereocenters. The summed E-state index contributed by atoms with van der Waals surface area (Å²) in [6.07, 6.45) is 8.80. The van der Waals surface area contributed by atoms with Gasteiger partial charge in [0, 0.05) is 61.0 Å². The number of carbonyl (C=O) groups excluding carboxylic acids is 4. The number of carbonyl (C=O) groups is 4. The molecule has 19 heteroatoms. The molecule has 2 fully saturated rings. The van der Waals surface area contributed by atoms with E-state index in [0.717, 1.165) is 0 Å². The molecule has 0 saturated carbocycles. The summed E-state index contributed by atoms with van der Waals surface area (Å²) in [6, 6.07) is 6.52. The fourth-order valence-corrected chi connectivity index (χ4v) is 8.69.